The van der Waals surface area contributed by atoms with Crippen LogP contribution in [0.3, 0.4) is 0 Å². The molecule has 0 spiro atoms. The zero-order valence-corrected chi connectivity index (χ0v) is 12.7. The van der Waals surface area contributed by atoms with Crippen molar-refractivity contribution in [3.05, 3.63) is 77.0 Å². The highest BCUT2D eigenvalue weighted by atomic mass is 16.5. The lowest BCUT2D eigenvalue weighted by Gasteiger charge is -2.05. The monoisotopic (exact) mass is 294 g/mol. The van der Waals surface area contributed by atoms with E-state index in [1.54, 1.807) is 0 Å². The molecule has 1 heterocycles. The lowest BCUT2D eigenvalue weighted by molar-refractivity contribution is 0.259. The quantitative estimate of drug-likeness (QED) is 0.717. The fourth-order valence-electron chi connectivity index (χ4n) is 2.14. The highest BCUT2D eigenvalue weighted by molar-refractivity contribution is 5.33. The van der Waals surface area contributed by atoms with Gasteiger partial charge in [0.15, 0.2) is 6.61 Å². The molecule has 0 saturated carbocycles. The van der Waals surface area contributed by atoms with Crippen molar-refractivity contribution in [3.8, 4) is 5.75 Å². The van der Waals surface area contributed by atoms with Crippen LogP contribution in [0.1, 0.15) is 28.5 Å². The average Bonchev–Trinajstić information content (AvgIpc) is 2.97. The van der Waals surface area contributed by atoms with Crippen molar-refractivity contribution in [3.63, 3.8) is 0 Å². The maximum atomic E-state index is 5.70. The summed E-state index contributed by atoms with van der Waals surface area (Å²) in [4.78, 5) is 0. The second-order valence-electron chi connectivity index (χ2n) is 5.29. The Morgan fingerprint density at radius 2 is 1.68 bits per heavy atom. The summed E-state index contributed by atoms with van der Waals surface area (Å²) in [6, 6.07) is 16.1. The molecule has 0 saturated heterocycles. The lowest BCUT2D eigenvalue weighted by atomic mass is 10.1. The molecule has 4 nitrogen and oxygen atoms in total. The van der Waals surface area contributed by atoms with Gasteiger partial charge in [0.2, 0.25) is 5.89 Å². The van der Waals surface area contributed by atoms with Crippen LogP contribution in [0, 0.1) is 13.8 Å². The first-order chi connectivity index (χ1) is 10.7. The van der Waals surface area contributed by atoms with E-state index in [4.69, 9.17) is 9.15 Å². The Morgan fingerprint density at radius 1 is 0.909 bits per heavy atom. The van der Waals surface area contributed by atoms with E-state index in [1.807, 2.05) is 48.5 Å². The van der Waals surface area contributed by atoms with Gasteiger partial charge in [0.05, 0.1) is 6.42 Å². The minimum atomic E-state index is 0.282. The van der Waals surface area contributed by atoms with Crippen LogP contribution in [0.2, 0.25) is 0 Å². The predicted molar refractivity (Wildman–Crippen MR) is 83.8 cm³/mol. The van der Waals surface area contributed by atoms with Crippen LogP contribution in [-0.4, -0.2) is 10.2 Å². The van der Waals surface area contributed by atoms with E-state index in [9.17, 15) is 0 Å². The number of nitrogens with zero attached hydrogens (tertiary/aromatic N) is 2. The molecule has 0 bridgehead atoms. The highest BCUT2D eigenvalue weighted by Crippen LogP contribution is 2.18. The maximum absolute atomic E-state index is 5.70. The Hall–Kier alpha value is -2.62. The molecule has 2 aromatic carbocycles. The lowest BCUT2D eigenvalue weighted by Crippen LogP contribution is -1.96. The molecule has 0 atom stereocenters. The first kappa shape index (κ1) is 14.3. The number of ether oxygens (including phenoxy) is 1. The van der Waals surface area contributed by atoms with Crippen molar-refractivity contribution < 1.29 is 9.15 Å². The topological polar surface area (TPSA) is 48.2 Å². The number of hydrogen-bond donors (Lipinski definition) is 0. The van der Waals surface area contributed by atoms with Crippen LogP contribution >= 0.6 is 0 Å². The molecule has 3 aromatic rings. The summed E-state index contributed by atoms with van der Waals surface area (Å²) in [5.41, 5.74) is 3.59. The van der Waals surface area contributed by atoms with Gasteiger partial charge in [-0.1, -0.05) is 36.4 Å². The van der Waals surface area contributed by atoms with Crippen LogP contribution in [0.15, 0.2) is 52.9 Å². The van der Waals surface area contributed by atoms with Crippen molar-refractivity contribution in [1.29, 1.82) is 0 Å². The number of aryl methyl sites for hydroxylation is 2. The molecule has 3 rings (SSSR count). The van der Waals surface area contributed by atoms with Gasteiger partial charge in [-0.25, -0.2) is 0 Å². The summed E-state index contributed by atoms with van der Waals surface area (Å²) in [6.07, 6.45) is 0.636. The van der Waals surface area contributed by atoms with E-state index in [0.717, 1.165) is 11.3 Å². The fraction of sp³-hybridized carbons (Fsp3) is 0.222. The number of aromatic nitrogens is 2. The third-order valence-electron chi connectivity index (χ3n) is 3.55. The molecule has 112 valence electrons. The van der Waals surface area contributed by atoms with Gasteiger partial charge < -0.3 is 9.15 Å². The van der Waals surface area contributed by atoms with Crippen LogP contribution in [0.5, 0.6) is 5.75 Å². The minimum Gasteiger partial charge on any atom is -0.484 e. The largest absolute Gasteiger partial charge is 0.484 e. The standard InChI is InChI=1S/C18H18N2O2/c1-13-8-9-16(10-14(13)2)21-12-18-20-19-17(22-18)11-15-6-4-3-5-7-15/h3-10H,11-12H2,1-2H3. The Bertz CT molecular complexity index is 751. The Balaban J connectivity index is 1.61. The second kappa shape index (κ2) is 6.43. The van der Waals surface area contributed by atoms with Crippen molar-refractivity contribution in [1.82, 2.24) is 10.2 Å². The van der Waals surface area contributed by atoms with Crippen molar-refractivity contribution in [2.45, 2.75) is 26.9 Å². The normalized spacial score (nSPS) is 10.6. The van der Waals surface area contributed by atoms with Crippen LogP contribution < -0.4 is 4.74 Å². The SMILES string of the molecule is Cc1ccc(OCc2nnc(Cc3ccccc3)o2)cc1C. The Morgan fingerprint density at radius 3 is 2.45 bits per heavy atom. The van der Waals surface area contributed by atoms with E-state index in [1.165, 1.54) is 11.1 Å². The van der Waals surface area contributed by atoms with Crippen molar-refractivity contribution in [2.75, 3.05) is 0 Å². The average molecular weight is 294 g/mol. The van der Waals surface area contributed by atoms with Crippen LogP contribution in [-0.2, 0) is 13.0 Å². The van der Waals surface area contributed by atoms with Gasteiger partial charge in [0.25, 0.3) is 5.89 Å². The molecular weight excluding hydrogens is 276 g/mol. The second-order valence-corrected chi connectivity index (χ2v) is 5.29. The van der Waals surface area contributed by atoms with E-state index in [-0.39, 0.29) is 6.61 Å². The zero-order chi connectivity index (χ0) is 15.4. The molecule has 0 radical (unpaired) electrons. The summed E-state index contributed by atoms with van der Waals surface area (Å²) >= 11 is 0. The molecule has 0 aliphatic heterocycles. The Kier molecular flexibility index (Phi) is 4.19. The van der Waals surface area contributed by atoms with Gasteiger partial charge in [0, 0.05) is 0 Å². The smallest absolute Gasteiger partial charge is 0.253 e. The summed E-state index contributed by atoms with van der Waals surface area (Å²) in [6.45, 7) is 4.42. The molecule has 0 amide bonds. The van der Waals surface area contributed by atoms with Crippen LogP contribution in [0.25, 0.3) is 0 Å². The highest BCUT2D eigenvalue weighted by Gasteiger charge is 2.08. The first-order valence-electron chi connectivity index (χ1n) is 7.26. The molecule has 1 aromatic heterocycles. The van der Waals surface area contributed by atoms with Crippen LogP contribution in [0.4, 0.5) is 0 Å². The number of hydrogen-bond acceptors (Lipinski definition) is 4. The van der Waals surface area contributed by atoms with Crippen molar-refractivity contribution >= 4 is 0 Å². The van der Waals surface area contributed by atoms with E-state index in [2.05, 4.69) is 24.0 Å². The molecule has 0 unspecified atom stereocenters. The predicted octanol–water partition coefficient (Wildman–Crippen LogP) is 3.86. The van der Waals surface area contributed by atoms with E-state index >= 15 is 0 Å². The maximum Gasteiger partial charge on any atom is 0.253 e. The third kappa shape index (κ3) is 3.52. The Labute approximate surface area is 129 Å². The van der Waals surface area contributed by atoms with Gasteiger partial charge in [-0.05, 0) is 42.7 Å². The summed E-state index contributed by atoms with van der Waals surface area (Å²) in [7, 11) is 0. The van der Waals surface area contributed by atoms with E-state index < -0.39 is 0 Å². The summed E-state index contributed by atoms with van der Waals surface area (Å²) in [5, 5.41) is 8.08. The molecular formula is C18H18N2O2. The zero-order valence-electron chi connectivity index (χ0n) is 12.7. The fourth-order valence-corrected chi connectivity index (χ4v) is 2.14. The number of rotatable bonds is 5. The third-order valence-corrected chi connectivity index (χ3v) is 3.55. The first-order valence-corrected chi connectivity index (χ1v) is 7.26. The van der Waals surface area contributed by atoms with Gasteiger partial charge in [-0.3, -0.25) is 0 Å². The van der Waals surface area contributed by atoms with Gasteiger partial charge in [-0.15, -0.1) is 10.2 Å². The van der Waals surface area contributed by atoms with Gasteiger partial charge >= 0.3 is 0 Å². The van der Waals surface area contributed by atoms with Gasteiger partial charge in [0.1, 0.15) is 5.75 Å². The minimum absolute atomic E-state index is 0.282. The molecule has 0 aliphatic rings. The summed E-state index contributed by atoms with van der Waals surface area (Å²) < 4.78 is 11.3. The van der Waals surface area contributed by atoms with Crippen molar-refractivity contribution in [2.24, 2.45) is 0 Å². The molecule has 0 N–H and O–H groups in total. The molecule has 22 heavy (non-hydrogen) atoms. The molecule has 4 heteroatoms. The summed E-state index contributed by atoms with van der Waals surface area (Å²) in [5.74, 6) is 1.90. The van der Waals surface area contributed by atoms with Gasteiger partial charge in [-0.2, -0.15) is 0 Å². The molecule has 0 fully saturated rings. The number of benzene rings is 2. The molecule has 0 aliphatic carbocycles. The van der Waals surface area contributed by atoms with E-state index in [0.29, 0.717) is 18.2 Å².